The molecule has 104 valence electrons. The lowest BCUT2D eigenvalue weighted by molar-refractivity contribution is -0.141. The minimum atomic E-state index is -1.03. The van der Waals surface area contributed by atoms with E-state index < -0.39 is 12.0 Å². The molecule has 1 atom stereocenters. The molecule has 0 spiro atoms. The Labute approximate surface area is 116 Å². The zero-order valence-electron chi connectivity index (χ0n) is 10.6. The molecule has 3 N–H and O–H groups in total. The largest absolute Gasteiger partial charge is 0.508 e. The Morgan fingerprint density at radius 1 is 1.42 bits per heavy atom. The summed E-state index contributed by atoms with van der Waals surface area (Å²) in [6.45, 7) is 0. The molecule has 0 aliphatic carbocycles. The maximum Gasteiger partial charge on any atom is 0.326 e. The molecule has 0 radical (unpaired) electrons. The fourth-order valence-corrected chi connectivity index (χ4v) is 2.06. The Balaban J connectivity index is 2.55. The smallest absolute Gasteiger partial charge is 0.326 e. The van der Waals surface area contributed by atoms with Gasteiger partial charge in [-0.2, -0.15) is 11.8 Å². The summed E-state index contributed by atoms with van der Waals surface area (Å²) < 4.78 is 0. The van der Waals surface area contributed by atoms with Gasteiger partial charge in [0.2, 0.25) is 5.91 Å². The number of aliphatic carboxylic acids is 1. The van der Waals surface area contributed by atoms with Crippen LogP contribution < -0.4 is 5.32 Å². The van der Waals surface area contributed by atoms with Crippen LogP contribution in [0.5, 0.6) is 5.75 Å². The number of carboxylic acids is 1. The first-order valence-corrected chi connectivity index (χ1v) is 7.21. The zero-order chi connectivity index (χ0) is 14.3. The first kappa shape index (κ1) is 15.4. The standard InChI is InChI=1S/C13H17NO4S/c1-19-6-5-11(13(17)18)14-12(16)8-9-3-2-4-10(15)7-9/h2-4,7,11,15H,5-6,8H2,1H3,(H,14,16)(H,17,18)/t11-/m1/s1. The van der Waals surface area contributed by atoms with Crippen molar-refractivity contribution in [2.24, 2.45) is 0 Å². The van der Waals surface area contributed by atoms with E-state index in [1.54, 1.807) is 12.1 Å². The van der Waals surface area contributed by atoms with E-state index in [9.17, 15) is 14.7 Å². The molecule has 0 saturated carbocycles. The zero-order valence-corrected chi connectivity index (χ0v) is 11.4. The Hall–Kier alpha value is -1.69. The minimum absolute atomic E-state index is 0.0530. The summed E-state index contributed by atoms with van der Waals surface area (Å²) in [5.74, 6) is -0.636. The van der Waals surface area contributed by atoms with Crippen LogP contribution in [0, 0.1) is 0 Å². The first-order valence-electron chi connectivity index (χ1n) is 5.82. The molecule has 6 heteroatoms. The number of amides is 1. The second kappa shape index (κ2) is 7.68. The molecule has 1 rings (SSSR count). The van der Waals surface area contributed by atoms with Crippen LogP contribution in [0.4, 0.5) is 0 Å². The van der Waals surface area contributed by atoms with Crippen molar-refractivity contribution in [2.75, 3.05) is 12.0 Å². The summed E-state index contributed by atoms with van der Waals surface area (Å²) >= 11 is 1.53. The van der Waals surface area contributed by atoms with Crippen LogP contribution in [-0.4, -0.2) is 40.1 Å². The van der Waals surface area contributed by atoms with E-state index in [1.807, 2.05) is 6.26 Å². The van der Waals surface area contributed by atoms with Gasteiger partial charge in [-0.15, -0.1) is 0 Å². The predicted octanol–water partition coefficient (Wildman–Crippen LogP) is 1.26. The summed E-state index contributed by atoms with van der Waals surface area (Å²) in [6.07, 6.45) is 2.33. The number of phenolic OH excluding ortho intramolecular Hbond substituents is 1. The number of aromatic hydroxyl groups is 1. The first-order chi connectivity index (χ1) is 9.02. The predicted molar refractivity (Wildman–Crippen MR) is 74.4 cm³/mol. The minimum Gasteiger partial charge on any atom is -0.508 e. The van der Waals surface area contributed by atoms with E-state index in [2.05, 4.69) is 5.32 Å². The highest BCUT2D eigenvalue weighted by Gasteiger charge is 2.19. The molecule has 0 saturated heterocycles. The lowest BCUT2D eigenvalue weighted by Gasteiger charge is -2.13. The van der Waals surface area contributed by atoms with Gasteiger partial charge in [0.1, 0.15) is 11.8 Å². The van der Waals surface area contributed by atoms with E-state index in [4.69, 9.17) is 5.11 Å². The third-order valence-corrected chi connectivity index (χ3v) is 3.16. The van der Waals surface area contributed by atoms with Gasteiger partial charge in [0.25, 0.3) is 0 Å². The summed E-state index contributed by atoms with van der Waals surface area (Å²) in [6, 6.07) is 5.48. The van der Waals surface area contributed by atoms with Crippen LogP contribution >= 0.6 is 11.8 Å². The average Bonchev–Trinajstić information content (AvgIpc) is 2.34. The highest BCUT2D eigenvalue weighted by atomic mass is 32.2. The number of carboxylic acid groups (broad SMARTS) is 1. The Morgan fingerprint density at radius 2 is 2.16 bits per heavy atom. The van der Waals surface area contributed by atoms with Gasteiger partial charge in [-0.05, 0) is 36.1 Å². The fourth-order valence-electron chi connectivity index (χ4n) is 1.59. The number of nitrogens with one attached hydrogen (secondary N) is 1. The molecule has 0 heterocycles. The molecular weight excluding hydrogens is 266 g/mol. The Kier molecular flexibility index (Phi) is 6.21. The number of carbonyl (C=O) groups excluding carboxylic acids is 1. The van der Waals surface area contributed by atoms with Gasteiger partial charge < -0.3 is 15.5 Å². The van der Waals surface area contributed by atoms with Crippen molar-refractivity contribution in [1.29, 1.82) is 0 Å². The number of carbonyl (C=O) groups is 2. The van der Waals surface area contributed by atoms with Crippen molar-refractivity contribution in [3.05, 3.63) is 29.8 Å². The molecule has 0 bridgehead atoms. The van der Waals surface area contributed by atoms with Crippen LogP contribution in [0.1, 0.15) is 12.0 Å². The monoisotopic (exact) mass is 283 g/mol. The molecule has 0 aliphatic rings. The molecule has 1 aromatic carbocycles. The van der Waals surface area contributed by atoms with Gasteiger partial charge in [0, 0.05) is 0 Å². The van der Waals surface area contributed by atoms with Gasteiger partial charge in [-0.3, -0.25) is 4.79 Å². The van der Waals surface area contributed by atoms with Crippen LogP contribution in [0.15, 0.2) is 24.3 Å². The van der Waals surface area contributed by atoms with E-state index in [-0.39, 0.29) is 18.1 Å². The third kappa shape index (κ3) is 5.65. The van der Waals surface area contributed by atoms with E-state index >= 15 is 0 Å². The molecule has 0 aromatic heterocycles. The van der Waals surface area contributed by atoms with Crippen molar-refractivity contribution >= 4 is 23.6 Å². The molecular formula is C13H17NO4S. The quantitative estimate of drug-likeness (QED) is 0.701. The van der Waals surface area contributed by atoms with E-state index in [1.165, 1.54) is 23.9 Å². The maximum absolute atomic E-state index is 11.7. The van der Waals surface area contributed by atoms with Crippen molar-refractivity contribution in [2.45, 2.75) is 18.9 Å². The summed E-state index contributed by atoms with van der Waals surface area (Å²) in [5, 5.41) is 20.8. The topological polar surface area (TPSA) is 86.6 Å². The molecule has 1 aromatic rings. The lowest BCUT2D eigenvalue weighted by Crippen LogP contribution is -2.41. The molecule has 5 nitrogen and oxygen atoms in total. The van der Waals surface area contributed by atoms with Crippen molar-refractivity contribution in [3.8, 4) is 5.75 Å². The molecule has 19 heavy (non-hydrogen) atoms. The molecule has 0 unspecified atom stereocenters. The van der Waals surface area contributed by atoms with Gasteiger partial charge in [-0.1, -0.05) is 12.1 Å². The van der Waals surface area contributed by atoms with Crippen LogP contribution in [0.25, 0.3) is 0 Å². The average molecular weight is 283 g/mol. The third-order valence-electron chi connectivity index (χ3n) is 2.52. The second-order valence-corrected chi connectivity index (χ2v) is 5.07. The summed E-state index contributed by atoms with van der Waals surface area (Å²) in [5.41, 5.74) is 0.645. The molecule has 0 aliphatic heterocycles. The van der Waals surface area contributed by atoms with Crippen LogP contribution in [0.3, 0.4) is 0 Å². The number of phenols is 1. The Bertz CT molecular complexity index is 450. The maximum atomic E-state index is 11.7. The van der Waals surface area contributed by atoms with Gasteiger partial charge in [0.15, 0.2) is 0 Å². The summed E-state index contributed by atoms with van der Waals surface area (Å²) in [7, 11) is 0. The Morgan fingerprint density at radius 3 is 2.74 bits per heavy atom. The van der Waals surface area contributed by atoms with Gasteiger partial charge in [0.05, 0.1) is 6.42 Å². The van der Waals surface area contributed by atoms with Gasteiger partial charge in [-0.25, -0.2) is 4.79 Å². The van der Waals surface area contributed by atoms with Crippen molar-refractivity contribution < 1.29 is 19.8 Å². The molecule has 0 fully saturated rings. The number of thioether (sulfide) groups is 1. The second-order valence-electron chi connectivity index (χ2n) is 4.09. The lowest BCUT2D eigenvalue weighted by atomic mass is 10.1. The number of hydrogen-bond donors (Lipinski definition) is 3. The van der Waals surface area contributed by atoms with Crippen molar-refractivity contribution in [3.63, 3.8) is 0 Å². The highest BCUT2D eigenvalue weighted by molar-refractivity contribution is 7.98. The number of hydrogen-bond acceptors (Lipinski definition) is 4. The number of benzene rings is 1. The normalized spacial score (nSPS) is 11.8. The summed E-state index contributed by atoms with van der Waals surface area (Å²) in [4.78, 5) is 22.7. The van der Waals surface area contributed by atoms with E-state index in [0.29, 0.717) is 17.7 Å². The van der Waals surface area contributed by atoms with Crippen LogP contribution in [-0.2, 0) is 16.0 Å². The fraction of sp³-hybridized carbons (Fsp3) is 0.385. The molecule has 1 amide bonds. The highest BCUT2D eigenvalue weighted by Crippen LogP contribution is 2.11. The van der Waals surface area contributed by atoms with Crippen LogP contribution in [0.2, 0.25) is 0 Å². The van der Waals surface area contributed by atoms with E-state index in [0.717, 1.165) is 0 Å². The van der Waals surface area contributed by atoms with Gasteiger partial charge >= 0.3 is 5.97 Å². The number of rotatable bonds is 7. The van der Waals surface area contributed by atoms with Crippen molar-refractivity contribution in [1.82, 2.24) is 5.32 Å². The SMILES string of the molecule is CSCC[C@@H](NC(=O)Cc1cccc(O)c1)C(=O)O.